The summed E-state index contributed by atoms with van der Waals surface area (Å²) in [5, 5.41) is 0.507. The maximum Gasteiger partial charge on any atom is 0.437 e. The zero-order chi connectivity index (χ0) is 21.2. The number of ether oxygens (including phenoxy) is 2. The van der Waals surface area contributed by atoms with Crippen molar-refractivity contribution in [2.24, 2.45) is 0 Å². The smallest absolute Gasteiger partial charge is 0.437 e. The van der Waals surface area contributed by atoms with Crippen molar-refractivity contribution in [3.8, 4) is 11.1 Å². The number of esters is 1. The van der Waals surface area contributed by atoms with Crippen molar-refractivity contribution in [2.45, 2.75) is 24.6 Å². The molecule has 2 aromatic carbocycles. The van der Waals surface area contributed by atoms with Crippen LogP contribution in [0.25, 0.3) is 11.1 Å². The van der Waals surface area contributed by atoms with E-state index < -0.39 is 30.5 Å². The second-order valence-electron chi connectivity index (χ2n) is 5.66. The Kier molecular flexibility index (Phi) is 7.98. The molecule has 0 saturated carbocycles. The maximum atomic E-state index is 13.2. The molecule has 0 saturated heterocycles. The van der Waals surface area contributed by atoms with Gasteiger partial charge in [0.25, 0.3) is 0 Å². The van der Waals surface area contributed by atoms with E-state index in [-0.39, 0.29) is 18.0 Å². The van der Waals surface area contributed by atoms with Crippen molar-refractivity contribution < 1.29 is 40.6 Å². The van der Waals surface area contributed by atoms with Crippen LogP contribution in [0.3, 0.4) is 0 Å². The van der Waals surface area contributed by atoms with Gasteiger partial charge in [-0.3, -0.25) is 0 Å². The third kappa shape index (κ3) is 5.15. The van der Waals surface area contributed by atoms with Crippen LogP contribution >= 0.6 is 24.0 Å². The molecule has 0 heterocycles. The molecule has 29 heavy (non-hydrogen) atoms. The van der Waals surface area contributed by atoms with Gasteiger partial charge in [-0.15, -0.1) is 12.4 Å². The van der Waals surface area contributed by atoms with Crippen molar-refractivity contribution in [3.63, 3.8) is 0 Å². The lowest BCUT2D eigenvalue weighted by Gasteiger charge is -2.34. The van der Waals surface area contributed by atoms with E-state index >= 15 is 0 Å². The van der Waals surface area contributed by atoms with Crippen LogP contribution in [0.1, 0.15) is 5.56 Å². The summed E-state index contributed by atoms with van der Waals surface area (Å²) in [4.78, 5) is 11.4. The second kappa shape index (κ2) is 9.23. The highest BCUT2D eigenvalue weighted by atomic mass is 35.5. The first-order chi connectivity index (χ1) is 12.9. The predicted octanol–water partition coefficient (Wildman–Crippen LogP) is 5.98. The van der Waals surface area contributed by atoms with E-state index in [4.69, 9.17) is 11.6 Å². The third-order valence-corrected chi connectivity index (χ3v) is 4.11. The molecule has 0 fully saturated rings. The Bertz CT molecular complexity index is 803. The standard InChI is InChI=1S/C18H13ClF6O3.ClH/c1-27-15(26)16(17(20,21)22,18(23,24)25)28-10-11-2-4-12(5-3-11)13-6-8-14(19)9-7-13;/h2-9H,10H2,1H3;1H. The van der Waals surface area contributed by atoms with E-state index in [1.54, 1.807) is 24.3 Å². The number of methoxy groups -OCH3 is 1. The van der Waals surface area contributed by atoms with E-state index in [0.717, 1.165) is 5.56 Å². The molecule has 0 aliphatic heterocycles. The molecular weight excluding hydrogens is 449 g/mol. The van der Waals surface area contributed by atoms with Gasteiger partial charge in [0, 0.05) is 5.02 Å². The van der Waals surface area contributed by atoms with Gasteiger partial charge in [-0.25, -0.2) is 4.79 Å². The molecule has 2 rings (SSSR count). The first kappa shape index (κ1) is 25.1. The summed E-state index contributed by atoms with van der Waals surface area (Å²) in [5.41, 5.74) is -3.68. The Morgan fingerprint density at radius 2 is 1.28 bits per heavy atom. The van der Waals surface area contributed by atoms with E-state index in [1.165, 1.54) is 24.3 Å². The highest BCUT2D eigenvalue weighted by molar-refractivity contribution is 6.30. The molecule has 3 nitrogen and oxygen atoms in total. The fourth-order valence-corrected chi connectivity index (χ4v) is 2.51. The Labute approximate surface area is 173 Å². The van der Waals surface area contributed by atoms with E-state index in [2.05, 4.69) is 9.47 Å². The summed E-state index contributed by atoms with van der Waals surface area (Å²) in [6, 6.07) is 12.2. The topological polar surface area (TPSA) is 35.5 Å². The number of carbonyl (C=O) groups is 1. The number of hydrogen-bond acceptors (Lipinski definition) is 3. The van der Waals surface area contributed by atoms with Gasteiger partial charge in [0.1, 0.15) is 0 Å². The molecule has 0 aromatic heterocycles. The fourth-order valence-electron chi connectivity index (χ4n) is 2.39. The van der Waals surface area contributed by atoms with Gasteiger partial charge in [-0.2, -0.15) is 26.3 Å². The number of halogens is 8. The Hall–Kier alpha value is -1.97. The molecule has 0 unspecified atom stereocenters. The first-order valence-electron chi connectivity index (χ1n) is 7.63. The molecule has 0 aliphatic carbocycles. The third-order valence-electron chi connectivity index (χ3n) is 3.86. The molecular formula is C18H14Cl2F6O3. The summed E-state index contributed by atoms with van der Waals surface area (Å²) in [6.07, 6.45) is -12.1. The number of hydrogen-bond donors (Lipinski definition) is 0. The number of rotatable bonds is 5. The lowest BCUT2D eigenvalue weighted by atomic mass is 10.0. The molecule has 0 aliphatic rings. The number of benzene rings is 2. The fraction of sp³-hybridized carbons (Fsp3) is 0.278. The van der Waals surface area contributed by atoms with Gasteiger partial charge >= 0.3 is 23.9 Å². The van der Waals surface area contributed by atoms with E-state index in [0.29, 0.717) is 17.7 Å². The molecule has 160 valence electrons. The number of alkyl halides is 6. The molecule has 0 radical (unpaired) electrons. The zero-order valence-electron chi connectivity index (χ0n) is 14.6. The van der Waals surface area contributed by atoms with Gasteiger partial charge in [0.2, 0.25) is 0 Å². The van der Waals surface area contributed by atoms with Crippen LogP contribution in [0, 0.1) is 0 Å². The highest BCUT2D eigenvalue weighted by Gasteiger charge is 2.78. The first-order valence-corrected chi connectivity index (χ1v) is 8.01. The molecule has 0 atom stereocenters. The lowest BCUT2D eigenvalue weighted by molar-refractivity contribution is -0.371. The Balaban J connectivity index is 0.00000420. The molecule has 0 bridgehead atoms. The van der Waals surface area contributed by atoms with Crippen molar-refractivity contribution in [3.05, 3.63) is 59.1 Å². The summed E-state index contributed by atoms with van der Waals surface area (Å²) in [6.45, 7) is -1.12. The zero-order valence-corrected chi connectivity index (χ0v) is 16.2. The molecule has 0 N–H and O–H groups in total. The summed E-state index contributed by atoms with van der Waals surface area (Å²) >= 11 is 5.78. The van der Waals surface area contributed by atoms with E-state index in [9.17, 15) is 31.1 Å². The molecule has 0 spiro atoms. The molecule has 0 amide bonds. The lowest BCUT2D eigenvalue weighted by Crippen LogP contribution is -2.64. The van der Waals surface area contributed by atoms with Gasteiger partial charge in [-0.05, 0) is 28.8 Å². The highest BCUT2D eigenvalue weighted by Crippen LogP contribution is 2.47. The van der Waals surface area contributed by atoms with E-state index in [1.807, 2.05) is 0 Å². The number of carbonyl (C=O) groups excluding carboxylic acids is 1. The largest absolute Gasteiger partial charge is 0.466 e. The van der Waals surface area contributed by atoms with Gasteiger partial charge in [0.15, 0.2) is 0 Å². The van der Waals surface area contributed by atoms with Crippen molar-refractivity contribution >= 4 is 30.0 Å². The van der Waals surface area contributed by atoms with Crippen molar-refractivity contribution in [1.29, 1.82) is 0 Å². The predicted molar refractivity (Wildman–Crippen MR) is 95.8 cm³/mol. The van der Waals surface area contributed by atoms with Crippen LogP contribution in [0.5, 0.6) is 0 Å². The van der Waals surface area contributed by atoms with Crippen LogP contribution in [0.15, 0.2) is 48.5 Å². The summed E-state index contributed by atoms with van der Waals surface area (Å²) in [7, 11) is 0.416. The normalized spacial score (nSPS) is 12.3. The van der Waals surface area contributed by atoms with Crippen LogP contribution in [-0.4, -0.2) is 31.0 Å². The van der Waals surface area contributed by atoms with Crippen molar-refractivity contribution in [2.75, 3.05) is 7.11 Å². The molecule has 11 heteroatoms. The minimum atomic E-state index is -6.07. The Morgan fingerprint density at radius 3 is 1.66 bits per heavy atom. The summed E-state index contributed by atoms with van der Waals surface area (Å²) in [5.74, 6) is -2.59. The maximum absolute atomic E-state index is 13.2. The van der Waals surface area contributed by atoms with Crippen molar-refractivity contribution in [1.82, 2.24) is 0 Å². The van der Waals surface area contributed by atoms with Gasteiger partial charge < -0.3 is 9.47 Å². The molecule has 2 aromatic rings. The van der Waals surface area contributed by atoms with Crippen LogP contribution in [-0.2, 0) is 20.9 Å². The average molecular weight is 463 g/mol. The summed E-state index contributed by atoms with van der Waals surface area (Å²) < 4.78 is 86.9. The SMILES string of the molecule is COC(=O)C(OCc1ccc(-c2ccc(Cl)cc2)cc1)(C(F)(F)F)C(F)(F)F.Cl. The monoisotopic (exact) mass is 462 g/mol. The minimum Gasteiger partial charge on any atom is -0.466 e. The Morgan fingerprint density at radius 1 is 0.862 bits per heavy atom. The van der Waals surface area contributed by atoms with Gasteiger partial charge in [0.05, 0.1) is 13.7 Å². The van der Waals surface area contributed by atoms with Crippen LogP contribution in [0.4, 0.5) is 26.3 Å². The second-order valence-corrected chi connectivity index (χ2v) is 6.10. The van der Waals surface area contributed by atoms with Crippen LogP contribution < -0.4 is 0 Å². The average Bonchev–Trinajstić information content (AvgIpc) is 2.61. The quantitative estimate of drug-likeness (QED) is 0.404. The minimum absolute atomic E-state index is 0. The van der Waals surface area contributed by atoms with Crippen LogP contribution in [0.2, 0.25) is 5.02 Å². The van der Waals surface area contributed by atoms with Gasteiger partial charge in [-0.1, -0.05) is 48.0 Å².